The minimum atomic E-state index is -0.565. The molecule has 1 amide bonds. The fourth-order valence-corrected chi connectivity index (χ4v) is 2.91. The molecule has 2 aromatic rings. The van der Waals surface area contributed by atoms with Crippen molar-refractivity contribution >= 4 is 35.1 Å². The van der Waals surface area contributed by atoms with Gasteiger partial charge in [-0.25, -0.2) is 9.18 Å². The molecule has 0 aliphatic heterocycles. The Morgan fingerprint density at radius 3 is 2.44 bits per heavy atom. The molecule has 2 N–H and O–H groups in total. The molecule has 0 fully saturated rings. The maximum Gasteiger partial charge on any atom is 0.337 e. The highest BCUT2D eigenvalue weighted by molar-refractivity contribution is 6.35. The monoisotopic (exact) mass is 412 g/mol. The van der Waals surface area contributed by atoms with Crippen molar-refractivity contribution in [2.75, 3.05) is 13.7 Å². The number of halogens is 3. The molecule has 0 radical (unpaired) electrons. The number of methoxy groups -OCH3 is 1. The van der Waals surface area contributed by atoms with Crippen LogP contribution in [-0.2, 0) is 16.1 Å². The number of nitrogens with one attached hydrogen (secondary N) is 2. The molecular formula is C19H19Cl2FN2O3. The highest BCUT2D eigenvalue weighted by Gasteiger charge is 2.14. The quantitative estimate of drug-likeness (QED) is 0.534. The average molecular weight is 413 g/mol. The van der Waals surface area contributed by atoms with Gasteiger partial charge in [-0.2, -0.15) is 0 Å². The topological polar surface area (TPSA) is 67.4 Å². The number of hydrogen-bond acceptors (Lipinski definition) is 4. The molecule has 0 bridgehead atoms. The maximum atomic E-state index is 13.6. The molecule has 2 aromatic carbocycles. The Labute approximate surface area is 166 Å². The van der Waals surface area contributed by atoms with E-state index in [1.165, 1.54) is 19.2 Å². The lowest BCUT2D eigenvalue weighted by molar-refractivity contribution is -0.120. The van der Waals surface area contributed by atoms with E-state index in [4.69, 9.17) is 23.2 Å². The molecule has 0 saturated heterocycles. The standard InChI is InChI=1S/C19H19Cl2FN2O3/c1-11(14-7-17(22)16(21)8-15(14)20)23-10-18(25)24-9-12-3-5-13(6-4-12)19(26)27-2/h3-8,11,23H,9-10H2,1-2H3,(H,24,25)/t11-/m1/s1. The summed E-state index contributed by atoms with van der Waals surface area (Å²) in [6.07, 6.45) is 0. The van der Waals surface area contributed by atoms with Crippen LogP contribution in [0, 0.1) is 5.82 Å². The van der Waals surface area contributed by atoms with Gasteiger partial charge in [-0.15, -0.1) is 0 Å². The third-order valence-corrected chi connectivity index (χ3v) is 4.56. The average Bonchev–Trinajstić information content (AvgIpc) is 2.67. The second-order valence-corrected chi connectivity index (χ2v) is 6.67. The lowest BCUT2D eigenvalue weighted by Gasteiger charge is -2.16. The predicted molar refractivity (Wildman–Crippen MR) is 102 cm³/mol. The van der Waals surface area contributed by atoms with E-state index in [2.05, 4.69) is 15.4 Å². The first-order chi connectivity index (χ1) is 12.8. The number of amides is 1. The Bertz CT molecular complexity index is 828. The van der Waals surface area contributed by atoms with Gasteiger partial charge in [0, 0.05) is 17.6 Å². The maximum absolute atomic E-state index is 13.6. The van der Waals surface area contributed by atoms with Gasteiger partial charge in [0.1, 0.15) is 5.82 Å². The van der Waals surface area contributed by atoms with Gasteiger partial charge in [0.15, 0.2) is 0 Å². The van der Waals surface area contributed by atoms with Gasteiger partial charge < -0.3 is 15.4 Å². The molecule has 27 heavy (non-hydrogen) atoms. The van der Waals surface area contributed by atoms with Crippen LogP contribution in [0.15, 0.2) is 36.4 Å². The van der Waals surface area contributed by atoms with Gasteiger partial charge in [-0.1, -0.05) is 35.3 Å². The summed E-state index contributed by atoms with van der Waals surface area (Å²) in [5, 5.41) is 6.02. The smallest absolute Gasteiger partial charge is 0.337 e. The molecule has 0 saturated carbocycles. The van der Waals surface area contributed by atoms with Gasteiger partial charge in [-0.05, 0) is 42.3 Å². The SMILES string of the molecule is COC(=O)c1ccc(CNC(=O)CN[C@H](C)c2cc(F)c(Cl)cc2Cl)cc1. The van der Waals surface area contributed by atoms with Crippen molar-refractivity contribution in [1.29, 1.82) is 0 Å². The van der Waals surface area contributed by atoms with E-state index in [1.807, 2.05) is 0 Å². The van der Waals surface area contributed by atoms with Crippen LogP contribution in [0.1, 0.15) is 34.5 Å². The van der Waals surface area contributed by atoms with Crippen molar-refractivity contribution in [3.63, 3.8) is 0 Å². The minimum Gasteiger partial charge on any atom is -0.465 e. The first-order valence-corrected chi connectivity index (χ1v) is 8.89. The zero-order valence-corrected chi connectivity index (χ0v) is 16.3. The van der Waals surface area contributed by atoms with Gasteiger partial charge in [0.25, 0.3) is 0 Å². The lowest BCUT2D eigenvalue weighted by Crippen LogP contribution is -2.34. The molecule has 0 aliphatic carbocycles. The van der Waals surface area contributed by atoms with Crippen molar-refractivity contribution in [1.82, 2.24) is 10.6 Å². The van der Waals surface area contributed by atoms with Crippen molar-refractivity contribution in [3.8, 4) is 0 Å². The van der Waals surface area contributed by atoms with Crippen LogP contribution in [0.2, 0.25) is 10.0 Å². The van der Waals surface area contributed by atoms with Crippen LogP contribution in [0.4, 0.5) is 4.39 Å². The van der Waals surface area contributed by atoms with Gasteiger partial charge >= 0.3 is 5.97 Å². The highest BCUT2D eigenvalue weighted by Crippen LogP contribution is 2.28. The molecule has 2 rings (SSSR count). The van der Waals surface area contributed by atoms with Crippen molar-refractivity contribution in [2.45, 2.75) is 19.5 Å². The summed E-state index contributed by atoms with van der Waals surface area (Å²) in [6, 6.07) is 8.98. The minimum absolute atomic E-state index is 0.0297. The molecule has 144 valence electrons. The van der Waals surface area contributed by atoms with E-state index in [9.17, 15) is 14.0 Å². The third kappa shape index (κ3) is 5.92. The number of rotatable bonds is 7. The number of ether oxygens (including phenoxy) is 1. The summed E-state index contributed by atoms with van der Waals surface area (Å²) in [5.74, 6) is -1.21. The van der Waals surface area contributed by atoms with Crippen LogP contribution >= 0.6 is 23.2 Å². The van der Waals surface area contributed by atoms with Crippen LogP contribution in [0.3, 0.4) is 0 Å². The van der Waals surface area contributed by atoms with Crippen molar-refractivity contribution in [3.05, 3.63) is 69.0 Å². The molecule has 0 heterocycles. The number of esters is 1. The Hall–Kier alpha value is -2.15. The van der Waals surface area contributed by atoms with E-state index >= 15 is 0 Å². The predicted octanol–water partition coefficient (Wildman–Crippen LogP) is 3.89. The first-order valence-electron chi connectivity index (χ1n) is 8.13. The first kappa shape index (κ1) is 21.2. The van der Waals surface area contributed by atoms with Gasteiger partial charge in [0.2, 0.25) is 5.91 Å². The molecule has 1 atom stereocenters. The zero-order chi connectivity index (χ0) is 20.0. The Kier molecular flexibility index (Phi) is 7.59. The van der Waals surface area contributed by atoms with Crippen LogP contribution < -0.4 is 10.6 Å². The second kappa shape index (κ2) is 9.69. The van der Waals surface area contributed by atoms with Crippen molar-refractivity contribution in [2.24, 2.45) is 0 Å². The van der Waals surface area contributed by atoms with Gasteiger partial charge in [0.05, 0.1) is 24.2 Å². The summed E-state index contributed by atoms with van der Waals surface area (Å²) in [4.78, 5) is 23.4. The summed E-state index contributed by atoms with van der Waals surface area (Å²) < 4.78 is 18.2. The summed E-state index contributed by atoms with van der Waals surface area (Å²) in [6.45, 7) is 2.11. The van der Waals surface area contributed by atoms with E-state index in [-0.39, 0.29) is 23.5 Å². The number of hydrogen-bond donors (Lipinski definition) is 2. The molecule has 0 spiro atoms. The van der Waals surface area contributed by atoms with Crippen LogP contribution in [-0.4, -0.2) is 25.5 Å². The third-order valence-electron chi connectivity index (χ3n) is 3.94. The number of carbonyl (C=O) groups is 2. The van der Waals surface area contributed by atoms with E-state index in [0.717, 1.165) is 5.56 Å². The number of benzene rings is 2. The molecule has 8 heteroatoms. The summed E-state index contributed by atoms with van der Waals surface area (Å²) in [7, 11) is 1.32. The van der Waals surface area contributed by atoms with Crippen molar-refractivity contribution < 1.29 is 18.7 Å². The summed E-state index contributed by atoms with van der Waals surface area (Å²) >= 11 is 11.8. The van der Waals surface area contributed by atoms with Crippen LogP contribution in [0.5, 0.6) is 0 Å². The number of carbonyl (C=O) groups excluding carboxylic acids is 2. The van der Waals surface area contributed by atoms with Crippen LogP contribution in [0.25, 0.3) is 0 Å². The zero-order valence-electron chi connectivity index (χ0n) is 14.8. The van der Waals surface area contributed by atoms with E-state index in [0.29, 0.717) is 22.7 Å². The largest absolute Gasteiger partial charge is 0.465 e. The molecular weight excluding hydrogens is 394 g/mol. The molecule has 0 unspecified atom stereocenters. The highest BCUT2D eigenvalue weighted by atomic mass is 35.5. The van der Waals surface area contributed by atoms with E-state index < -0.39 is 11.8 Å². The van der Waals surface area contributed by atoms with E-state index in [1.54, 1.807) is 31.2 Å². The summed E-state index contributed by atoms with van der Waals surface area (Å²) in [5.41, 5.74) is 1.80. The lowest BCUT2D eigenvalue weighted by atomic mass is 10.1. The molecule has 0 aromatic heterocycles. The van der Waals surface area contributed by atoms with Gasteiger partial charge in [-0.3, -0.25) is 4.79 Å². The Morgan fingerprint density at radius 1 is 1.15 bits per heavy atom. The Balaban J connectivity index is 1.84. The second-order valence-electron chi connectivity index (χ2n) is 5.86. The fraction of sp³-hybridized carbons (Fsp3) is 0.263. The Morgan fingerprint density at radius 2 is 1.81 bits per heavy atom. The molecule has 5 nitrogen and oxygen atoms in total. The normalized spacial score (nSPS) is 11.7. The molecule has 0 aliphatic rings. The fourth-order valence-electron chi connectivity index (χ4n) is 2.37.